The first kappa shape index (κ1) is 14.7. The van der Waals surface area contributed by atoms with E-state index in [1.54, 1.807) is 7.11 Å². The summed E-state index contributed by atoms with van der Waals surface area (Å²) in [6.45, 7) is 6.83. The fourth-order valence-electron chi connectivity index (χ4n) is 2.40. The zero-order chi connectivity index (χ0) is 13.5. The molecule has 2 rings (SSSR count). The molecule has 0 spiro atoms. The van der Waals surface area contributed by atoms with Crippen molar-refractivity contribution in [1.82, 2.24) is 10.2 Å². The van der Waals surface area contributed by atoms with Crippen molar-refractivity contribution in [3.05, 3.63) is 29.8 Å². The molecule has 19 heavy (non-hydrogen) atoms. The van der Waals surface area contributed by atoms with Gasteiger partial charge < -0.3 is 15.0 Å². The molecule has 106 valence electrons. The van der Waals surface area contributed by atoms with E-state index >= 15 is 0 Å². The van der Waals surface area contributed by atoms with E-state index in [1.807, 2.05) is 12.1 Å². The summed E-state index contributed by atoms with van der Waals surface area (Å²) in [5.74, 6) is 3.53. The second-order valence-electron chi connectivity index (χ2n) is 4.87. The molecule has 1 unspecified atom stereocenters. The Bertz CT molecular complexity index is 380. The van der Waals surface area contributed by atoms with Crippen molar-refractivity contribution in [2.24, 2.45) is 0 Å². The Labute approximate surface area is 120 Å². The van der Waals surface area contributed by atoms with Crippen molar-refractivity contribution in [2.75, 3.05) is 44.8 Å². The van der Waals surface area contributed by atoms with Crippen LogP contribution in [0.25, 0.3) is 0 Å². The number of ether oxygens (including phenoxy) is 1. The lowest BCUT2D eigenvalue weighted by Crippen LogP contribution is -2.38. The van der Waals surface area contributed by atoms with Crippen LogP contribution in [0, 0.1) is 0 Å². The lowest BCUT2D eigenvalue weighted by atomic mass is 10.1. The normalized spacial score (nSPS) is 18.2. The number of hydrogen-bond acceptors (Lipinski definition) is 4. The number of nitrogens with one attached hydrogen (secondary N) is 1. The van der Waals surface area contributed by atoms with Crippen LogP contribution in [0.2, 0.25) is 0 Å². The van der Waals surface area contributed by atoms with Gasteiger partial charge in [-0.1, -0.05) is 18.2 Å². The minimum atomic E-state index is 0.329. The van der Waals surface area contributed by atoms with E-state index in [1.165, 1.54) is 30.2 Å². The minimum absolute atomic E-state index is 0.329. The van der Waals surface area contributed by atoms with Gasteiger partial charge in [0.25, 0.3) is 0 Å². The zero-order valence-electron chi connectivity index (χ0n) is 11.9. The zero-order valence-corrected chi connectivity index (χ0v) is 12.7. The quantitative estimate of drug-likeness (QED) is 0.865. The van der Waals surface area contributed by atoms with Gasteiger partial charge in [0.1, 0.15) is 5.75 Å². The van der Waals surface area contributed by atoms with Gasteiger partial charge in [0, 0.05) is 49.3 Å². The highest BCUT2D eigenvalue weighted by Crippen LogP contribution is 2.24. The third-order valence-electron chi connectivity index (χ3n) is 3.59. The highest BCUT2D eigenvalue weighted by atomic mass is 32.2. The Morgan fingerprint density at radius 2 is 2.05 bits per heavy atom. The molecule has 0 bridgehead atoms. The smallest absolute Gasteiger partial charge is 0.123 e. The maximum absolute atomic E-state index is 5.41. The molecule has 4 heteroatoms. The number of hydrogen-bond donors (Lipinski definition) is 1. The van der Waals surface area contributed by atoms with E-state index in [-0.39, 0.29) is 0 Å². The highest BCUT2D eigenvalue weighted by Gasteiger charge is 2.12. The van der Waals surface area contributed by atoms with Crippen molar-refractivity contribution in [3.8, 4) is 5.75 Å². The van der Waals surface area contributed by atoms with Gasteiger partial charge in [0.15, 0.2) is 0 Å². The van der Waals surface area contributed by atoms with Gasteiger partial charge in [-0.15, -0.1) is 0 Å². The minimum Gasteiger partial charge on any atom is -0.496 e. The summed E-state index contributed by atoms with van der Waals surface area (Å²) in [5.41, 5.74) is 1.24. The van der Waals surface area contributed by atoms with Crippen LogP contribution in [0.15, 0.2) is 24.3 Å². The number of methoxy groups -OCH3 is 1. The largest absolute Gasteiger partial charge is 0.496 e. The Morgan fingerprint density at radius 1 is 1.32 bits per heavy atom. The topological polar surface area (TPSA) is 24.5 Å². The first-order chi connectivity index (χ1) is 9.31. The molecule has 1 heterocycles. The summed E-state index contributed by atoms with van der Waals surface area (Å²) in [7, 11) is 1.73. The Hall–Kier alpha value is -0.710. The Morgan fingerprint density at radius 3 is 2.79 bits per heavy atom. The fourth-order valence-corrected chi connectivity index (χ4v) is 3.38. The molecule has 1 aliphatic rings. The number of para-hydroxylation sites is 1. The van der Waals surface area contributed by atoms with Gasteiger partial charge >= 0.3 is 0 Å². The third-order valence-corrected chi connectivity index (χ3v) is 4.53. The molecule has 1 atom stereocenters. The number of nitrogens with zero attached hydrogens (tertiary/aromatic N) is 1. The first-order valence-corrected chi connectivity index (χ1v) is 8.13. The summed E-state index contributed by atoms with van der Waals surface area (Å²) in [6, 6.07) is 8.57. The molecule has 1 aromatic carbocycles. The summed E-state index contributed by atoms with van der Waals surface area (Å²) >= 11 is 2.06. The summed E-state index contributed by atoms with van der Waals surface area (Å²) in [5, 5.41) is 3.59. The summed E-state index contributed by atoms with van der Waals surface area (Å²) < 4.78 is 5.41. The van der Waals surface area contributed by atoms with Crippen LogP contribution in [0.4, 0.5) is 0 Å². The van der Waals surface area contributed by atoms with Crippen molar-refractivity contribution in [1.29, 1.82) is 0 Å². The Kier molecular flexibility index (Phi) is 6.01. The predicted octanol–water partition coefficient (Wildman–Crippen LogP) is 2.39. The van der Waals surface area contributed by atoms with Gasteiger partial charge in [0.05, 0.1) is 7.11 Å². The van der Waals surface area contributed by atoms with E-state index in [0.717, 1.165) is 18.8 Å². The van der Waals surface area contributed by atoms with Crippen molar-refractivity contribution in [2.45, 2.75) is 13.0 Å². The van der Waals surface area contributed by atoms with Gasteiger partial charge in [-0.2, -0.15) is 11.8 Å². The van der Waals surface area contributed by atoms with Crippen LogP contribution in [0.3, 0.4) is 0 Å². The molecule has 1 aromatic rings. The van der Waals surface area contributed by atoms with Gasteiger partial charge in [-0.25, -0.2) is 0 Å². The fraction of sp³-hybridized carbons (Fsp3) is 0.600. The van der Waals surface area contributed by atoms with Crippen LogP contribution >= 0.6 is 11.8 Å². The molecule has 3 nitrogen and oxygen atoms in total. The molecule has 1 saturated heterocycles. The van der Waals surface area contributed by atoms with Crippen LogP contribution in [-0.2, 0) is 0 Å². The van der Waals surface area contributed by atoms with Crippen LogP contribution in [-0.4, -0.2) is 49.7 Å². The maximum atomic E-state index is 5.41. The maximum Gasteiger partial charge on any atom is 0.123 e. The number of benzene rings is 1. The lowest BCUT2D eigenvalue weighted by Gasteiger charge is -2.27. The highest BCUT2D eigenvalue weighted by molar-refractivity contribution is 7.99. The monoisotopic (exact) mass is 280 g/mol. The van der Waals surface area contributed by atoms with Crippen LogP contribution in [0.1, 0.15) is 18.5 Å². The van der Waals surface area contributed by atoms with Crippen LogP contribution in [0.5, 0.6) is 5.75 Å². The molecule has 0 saturated carbocycles. The molecule has 1 aliphatic heterocycles. The number of thioether (sulfide) groups is 1. The molecule has 1 fully saturated rings. The lowest BCUT2D eigenvalue weighted by molar-refractivity contribution is 0.296. The molecule has 1 N–H and O–H groups in total. The Balaban J connectivity index is 1.78. The van der Waals surface area contributed by atoms with E-state index < -0.39 is 0 Å². The molecule has 0 aromatic heterocycles. The SMILES string of the molecule is COc1ccccc1C(C)NCCN1CCSCC1. The van der Waals surface area contributed by atoms with Gasteiger partial charge in [-0.3, -0.25) is 0 Å². The second-order valence-corrected chi connectivity index (χ2v) is 6.10. The van der Waals surface area contributed by atoms with Crippen molar-refractivity contribution >= 4 is 11.8 Å². The van der Waals surface area contributed by atoms with Crippen molar-refractivity contribution < 1.29 is 4.74 Å². The second kappa shape index (κ2) is 7.78. The van der Waals surface area contributed by atoms with Crippen molar-refractivity contribution in [3.63, 3.8) is 0 Å². The number of rotatable bonds is 6. The van der Waals surface area contributed by atoms with Gasteiger partial charge in [-0.05, 0) is 13.0 Å². The first-order valence-electron chi connectivity index (χ1n) is 6.97. The summed E-state index contributed by atoms with van der Waals surface area (Å²) in [4.78, 5) is 2.54. The van der Waals surface area contributed by atoms with Gasteiger partial charge in [0.2, 0.25) is 0 Å². The van der Waals surface area contributed by atoms with Crippen LogP contribution < -0.4 is 10.1 Å². The van der Waals surface area contributed by atoms with E-state index in [2.05, 4.69) is 41.0 Å². The van der Waals surface area contributed by atoms with E-state index in [0.29, 0.717) is 6.04 Å². The van der Waals surface area contributed by atoms with E-state index in [9.17, 15) is 0 Å². The molecule has 0 aliphatic carbocycles. The standard InChI is InChI=1S/C15H24N2OS/c1-13(14-5-3-4-6-15(14)18-2)16-7-8-17-9-11-19-12-10-17/h3-6,13,16H,7-12H2,1-2H3. The molecule has 0 amide bonds. The predicted molar refractivity (Wildman–Crippen MR) is 83.2 cm³/mol. The average Bonchev–Trinajstić information content (AvgIpc) is 2.48. The molecular weight excluding hydrogens is 256 g/mol. The average molecular weight is 280 g/mol. The third kappa shape index (κ3) is 4.41. The van der Waals surface area contributed by atoms with E-state index in [4.69, 9.17) is 4.74 Å². The molecular formula is C15H24N2OS. The summed E-state index contributed by atoms with van der Waals surface area (Å²) in [6.07, 6.45) is 0. The molecule has 0 radical (unpaired) electrons.